The van der Waals surface area contributed by atoms with E-state index in [1.165, 1.54) is 12.1 Å². The summed E-state index contributed by atoms with van der Waals surface area (Å²) in [5.41, 5.74) is 3.95. The third kappa shape index (κ3) is 6.23. The molecule has 1 atom stereocenters. The summed E-state index contributed by atoms with van der Waals surface area (Å²) in [7, 11) is 0. The van der Waals surface area contributed by atoms with Gasteiger partial charge in [-0.25, -0.2) is 0 Å². The number of likely N-dealkylation sites (tertiary alicyclic amines) is 1. The molecule has 0 radical (unpaired) electrons. The Bertz CT molecular complexity index is 1310. The van der Waals surface area contributed by atoms with Crippen LogP contribution in [-0.4, -0.2) is 72.5 Å². The van der Waals surface area contributed by atoms with Crippen molar-refractivity contribution < 1.29 is 14.7 Å². The number of phenols is 1. The Hall–Kier alpha value is -3.26. The third-order valence-electron chi connectivity index (χ3n) is 7.24. The molecule has 0 unspecified atom stereocenters. The standard InChI is InChI=1S/C29H30Cl2N4O3/c30-23-6-4-20(5-7-23)21-2-1-3-25(16-21)34-12-14-35(15-13-34)28(37)19-33-11-10-22(18-33)29(38)32-24-8-9-27(36)26(31)17-24/h1-9,16-17,22,36H,10-15,18-19H2,(H,32,38)/t22-/m1/s1. The molecule has 0 saturated carbocycles. The van der Waals surface area contributed by atoms with E-state index in [9.17, 15) is 14.7 Å². The Kier molecular flexibility index (Phi) is 8.07. The highest BCUT2D eigenvalue weighted by Gasteiger charge is 2.31. The van der Waals surface area contributed by atoms with Crippen molar-refractivity contribution in [2.75, 3.05) is 56.0 Å². The Morgan fingerprint density at radius 2 is 1.66 bits per heavy atom. The average molecular weight is 553 g/mol. The van der Waals surface area contributed by atoms with Crippen LogP contribution < -0.4 is 10.2 Å². The van der Waals surface area contributed by atoms with Crippen molar-refractivity contribution in [2.45, 2.75) is 6.42 Å². The van der Waals surface area contributed by atoms with Crippen molar-refractivity contribution in [2.24, 2.45) is 5.92 Å². The first-order valence-electron chi connectivity index (χ1n) is 12.8. The number of anilines is 2. The van der Waals surface area contributed by atoms with E-state index in [2.05, 4.69) is 39.4 Å². The Morgan fingerprint density at radius 3 is 2.39 bits per heavy atom. The van der Waals surface area contributed by atoms with Crippen LogP contribution in [0.5, 0.6) is 5.75 Å². The van der Waals surface area contributed by atoms with Crippen LogP contribution in [-0.2, 0) is 9.59 Å². The van der Waals surface area contributed by atoms with E-state index >= 15 is 0 Å². The van der Waals surface area contributed by atoms with Gasteiger partial charge in [0.1, 0.15) is 5.75 Å². The minimum atomic E-state index is -0.194. The SMILES string of the molecule is O=C(Nc1ccc(O)c(Cl)c1)[C@@H]1CCN(CC(=O)N2CCN(c3cccc(-c4ccc(Cl)cc4)c3)CC2)C1. The lowest BCUT2D eigenvalue weighted by Crippen LogP contribution is -2.51. The lowest BCUT2D eigenvalue weighted by atomic mass is 10.0. The summed E-state index contributed by atoms with van der Waals surface area (Å²) in [5, 5.41) is 13.3. The highest BCUT2D eigenvalue weighted by Crippen LogP contribution is 2.28. The number of carbonyl (C=O) groups is 2. The van der Waals surface area contributed by atoms with Crippen LogP contribution in [0, 0.1) is 5.92 Å². The van der Waals surface area contributed by atoms with Crippen LogP contribution in [0.4, 0.5) is 11.4 Å². The molecular formula is C29H30Cl2N4O3. The number of amides is 2. The van der Waals surface area contributed by atoms with Crippen LogP contribution in [0.2, 0.25) is 10.0 Å². The van der Waals surface area contributed by atoms with E-state index in [1.54, 1.807) is 6.07 Å². The van der Waals surface area contributed by atoms with Gasteiger partial charge in [-0.2, -0.15) is 0 Å². The first-order valence-corrected chi connectivity index (χ1v) is 13.5. The van der Waals surface area contributed by atoms with Gasteiger partial charge in [-0.05, 0) is 66.6 Å². The number of phenolic OH excluding ortho intramolecular Hbond substituents is 1. The molecule has 3 aromatic carbocycles. The molecule has 2 saturated heterocycles. The normalized spacial score (nSPS) is 18.0. The van der Waals surface area contributed by atoms with E-state index in [0.717, 1.165) is 34.9 Å². The highest BCUT2D eigenvalue weighted by molar-refractivity contribution is 6.32. The van der Waals surface area contributed by atoms with E-state index in [0.29, 0.717) is 44.8 Å². The van der Waals surface area contributed by atoms with E-state index in [-0.39, 0.29) is 28.5 Å². The molecule has 7 nitrogen and oxygen atoms in total. The van der Waals surface area contributed by atoms with Crippen molar-refractivity contribution in [1.29, 1.82) is 0 Å². The molecule has 5 rings (SSSR count). The fourth-order valence-corrected chi connectivity index (χ4v) is 5.36. The molecule has 9 heteroatoms. The molecule has 2 aliphatic rings. The van der Waals surface area contributed by atoms with Gasteiger partial charge in [-0.15, -0.1) is 0 Å². The molecule has 2 aliphatic heterocycles. The van der Waals surface area contributed by atoms with E-state index < -0.39 is 0 Å². The second-order valence-corrected chi connectivity index (χ2v) is 10.6. The second-order valence-electron chi connectivity index (χ2n) is 9.80. The summed E-state index contributed by atoms with van der Waals surface area (Å²) in [6.07, 6.45) is 0.697. The van der Waals surface area contributed by atoms with Gasteiger partial charge >= 0.3 is 0 Å². The summed E-state index contributed by atoms with van der Waals surface area (Å²) in [6, 6.07) is 20.9. The molecule has 0 aliphatic carbocycles. The van der Waals surface area contributed by atoms with Gasteiger partial charge in [-0.1, -0.05) is 47.5 Å². The van der Waals surface area contributed by atoms with Crippen molar-refractivity contribution in [1.82, 2.24) is 9.80 Å². The molecule has 3 aromatic rings. The highest BCUT2D eigenvalue weighted by atomic mass is 35.5. The largest absolute Gasteiger partial charge is 0.506 e. The number of carbonyl (C=O) groups excluding carboxylic acids is 2. The maximum atomic E-state index is 13.0. The predicted molar refractivity (Wildman–Crippen MR) is 152 cm³/mol. The van der Waals surface area contributed by atoms with E-state index in [1.807, 2.05) is 29.2 Å². The summed E-state index contributed by atoms with van der Waals surface area (Å²) in [6.45, 7) is 4.46. The van der Waals surface area contributed by atoms with Gasteiger partial charge in [0, 0.05) is 49.1 Å². The maximum absolute atomic E-state index is 13.0. The van der Waals surface area contributed by atoms with Gasteiger partial charge in [0.15, 0.2) is 0 Å². The van der Waals surface area contributed by atoms with Crippen LogP contribution >= 0.6 is 23.2 Å². The molecular weight excluding hydrogens is 523 g/mol. The zero-order chi connectivity index (χ0) is 26.6. The molecule has 2 fully saturated rings. The van der Waals surface area contributed by atoms with Gasteiger partial charge in [0.25, 0.3) is 0 Å². The minimum Gasteiger partial charge on any atom is -0.506 e. The number of benzene rings is 3. The monoisotopic (exact) mass is 552 g/mol. The lowest BCUT2D eigenvalue weighted by Gasteiger charge is -2.37. The molecule has 2 N–H and O–H groups in total. The van der Waals surface area contributed by atoms with Gasteiger partial charge in [-0.3, -0.25) is 14.5 Å². The summed E-state index contributed by atoms with van der Waals surface area (Å²) in [5.74, 6) is -0.218. The molecule has 0 aromatic heterocycles. The van der Waals surface area contributed by atoms with Gasteiger partial charge < -0.3 is 20.2 Å². The number of nitrogens with zero attached hydrogens (tertiary/aromatic N) is 3. The zero-order valence-electron chi connectivity index (χ0n) is 20.9. The summed E-state index contributed by atoms with van der Waals surface area (Å²) >= 11 is 12.0. The van der Waals surface area contributed by atoms with Crippen LogP contribution in [0.3, 0.4) is 0 Å². The Balaban J connectivity index is 1.10. The maximum Gasteiger partial charge on any atom is 0.236 e. The predicted octanol–water partition coefficient (Wildman–Crippen LogP) is 4.98. The summed E-state index contributed by atoms with van der Waals surface area (Å²) in [4.78, 5) is 32.0. The van der Waals surface area contributed by atoms with Gasteiger partial charge in [0.05, 0.1) is 17.5 Å². The number of halogens is 2. The third-order valence-corrected chi connectivity index (χ3v) is 7.79. The quantitative estimate of drug-likeness (QED) is 0.422. The zero-order valence-corrected chi connectivity index (χ0v) is 22.5. The fourth-order valence-electron chi connectivity index (χ4n) is 5.05. The van der Waals surface area contributed by atoms with Crippen molar-refractivity contribution in [3.05, 3.63) is 76.8 Å². The number of nitrogens with one attached hydrogen (secondary N) is 1. The van der Waals surface area contributed by atoms with Crippen molar-refractivity contribution >= 4 is 46.4 Å². The Morgan fingerprint density at radius 1 is 0.895 bits per heavy atom. The topological polar surface area (TPSA) is 76.1 Å². The smallest absolute Gasteiger partial charge is 0.236 e. The second kappa shape index (κ2) is 11.6. The van der Waals surface area contributed by atoms with Crippen LogP contribution in [0.15, 0.2) is 66.7 Å². The Labute approximate surface area is 232 Å². The minimum absolute atomic E-state index is 0.0255. The van der Waals surface area contributed by atoms with Crippen LogP contribution in [0.25, 0.3) is 11.1 Å². The van der Waals surface area contributed by atoms with Crippen molar-refractivity contribution in [3.63, 3.8) is 0 Å². The van der Waals surface area contributed by atoms with E-state index in [4.69, 9.17) is 23.2 Å². The number of rotatable bonds is 6. The number of aromatic hydroxyl groups is 1. The lowest BCUT2D eigenvalue weighted by molar-refractivity contribution is -0.132. The molecule has 2 amide bonds. The average Bonchev–Trinajstić information content (AvgIpc) is 3.40. The number of hydrogen-bond donors (Lipinski definition) is 2. The first kappa shape index (κ1) is 26.4. The number of piperazine rings is 1. The van der Waals surface area contributed by atoms with Crippen LogP contribution in [0.1, 0.15) is 6.42 Å². The molecule has 198 valence electrons. The molecule has 0 spiro atoms. The van der Waals surface area contributed by atoms with Gasteiger partial charge in [0.2, 0.25) is 11.8 Å². The molecule has 38 heavy (non-hydrogen) atoms. The summed E-state index contributed by atoms with van der Waals surface area (Å²) < 4.78 is 0. The molecule has 0 bridgehead atoms. The molecule has 2 heterocycles. The first-order chi connectivity index (χ1) is 18.4. The fraction of sp³-hybridized carbons (Fsp3) is 0.310. The number of hydrogen-bond acceptors (Lipinski definition) is 5. The van der Waals surface area contributed by atoms with Crippen molar-refractivity contribution in [3.8, 4) is 16.9 Å².